The Morgan fingerprint density at radius 3 is 2.46 bits per heavy atom. The van der Waals surface area contributed by atoms with Crippen LogP contribution in [0.3, 0.4) is 0 Å². The molecule has 1 saturated heterocycles. The number of aromatic nitrogens is 5. The standard InChI is InChI=1S/C19H23N7O2/c1-14-16(15(2)28-23-14)4-7-19(27)25-12-10-24(11-13-25)17-5-6-18(22-21-17)26-9-3-8-20-26/h3,5-6,8-9H,4,7,10-13H2,1-2H3. The number of anilines is 1. The average Bonchev–Trinajstić information content (AvgIpc) is 3.37. The number of aryl methyl sites for hydroxylation is 2. The van der Waals surface area contributed by atoms with Crippen LogP contribution in [0.15, 0.2) is 35.1 Å². The van der Waals surface area contributed by atoms with Gasteiger partial charge in [0.25, 0.3) is 0 Å². The first-order valence-corrected chi connectivity index (χ1v) is 9.40. The van der Waals surface area contributed by atoms with E-state index in [9.17, 15) is 4.79 Å². The fourth-order valence-corrected chi connectivity index (χ4v) is 3.45. The Kier molecular flexibility index (Phi) is 5.05. The van der Waals surface area contributed by atoms with Crippen molar-refractivity contribution in [2.24, 2.45) is 0 Å². The van der Waals surface area contributed by atoms with Gasteiger partial charge < -0.3 is 14.3 Å². The molecule has 0 N–H and O–H groups in total. The SMILES string of the molecule is Cc1noc(C)c1CCC(=O)N1CCN(c2ccc(-n3cccn3)nn2)CC1. The molecule has 0 bridgehead atoms. The first-order valence-electron chi connectivity index (χ1n) is 9.40. The monoisotopic (exact) mass is 381 g/mol. The summed E-state index contributed by atoms with van der Waals surface area (Å²) in [7, 11) is 0. The second-order valence-electron chi connectivity index (χ2n) is 6.87. The quantitative estimate of drug-likeness (QED) is 0.662. The highest BCUT2D eigenvalue weighted by atomic mass is 16.5. The van der Waals surface area contributed by atoms with E-state index in [-0.39, 0.29) is 5.91 Å². The zero-order valence-corrected chi connectivity index (χ0v) is 16.1. The van der Waals surface area contributed by atoms with Crippen molar-refractivity contribution in [3.63, 3.8) is 0 Å². The van der Waals surface area contributed by atoms with Gasteiger partial charge in [-0.1, -0.05) is 5.16 Å². The summed E-state index contributed by atoms with van der Waals surface area (Å²) in [4.78, 5) is 16.6. The number of rotatable bonds is 5. The van der Waals surface area contributed by atoms with Crippen LogP contribution in [0.1, 0.15) is 23.4 Å². The highest BCUT2D eigenvalue weighted by Gasteiger charge is 2.22. The second kappa shape index (κ2) is 7.79. The molecule has 1 amide bonds. The van der Waals surface area contributed by atoms with Crippen LogP contribution >= 0.6 is 0 Å². The van der Waals surface area contributed by atoms with E-state index < -0.39 is 0 Å². The zero-order valence-electron chi connectivity index (χ0n) is 16.1. The Balaban J connectivity index is 1.30. The van der Waals surface area contributed by atoms with Gasteiger partial charge in [-0.05, 0) is 38.5 Å². The van der Waals surface area contributed by atoms with Gasteiger partial charge in [0.2, 0.25) is 5.91 Å². The summed E-state index contributed by atoms with van der Waals surface area (Å²) in [6.45, 7) is 6.65. The number of hydrogen-bond donors (Lipinski definition) is 0. The maximum absolute atomic E-state index is 12.6. The third-order valence-electron chi connectivity index (χ3n) is 5.10. The summed E-state index contributed by atoms with van der Waals surface area (Å²) in [5.41, 5.74) is 1.91. The van der Waals surface area contributed by atoms with Gasteiger partial charge in [0, 0.05) is 50.6 Å². The minimum absolute atomic E-state index is 0.166. The summed E-state index contributed by atoms with van der Waals surface area (Å²) in [5.74, 6) is 2.47. The van der Waals surface area contributed by atoms with E-state index >= 15 is 0 Å². The number of carbonyl (C=O) groups excluding carboxylic acids is 1. The van der Waals surface area contributed by atoms with Gasteiger partial charge >= 0.3 is 0 Å². The van der Waals surface area contributed by atoms with Gasteiger partial charge in [-0.3, -0.25) is 4.79 Å². The molecule has 0 unspecified atom stereocenters. The Labute approximate surface area is 162 Å². The molecule has 3 aromatic heterocycles. The lowest BCUT2D eigenvalue weighted by Gasteiger charge is -2.35. The van der Waals surface area contributed by atoms with E-state index in [1.807, 2.05) is 43.1 Å². The normalized spacial score (nSPS) is 14.5. The fourth-order valence-electron chi connectivity index (χ4n) is 3.45. The van der Waals surface area contributed by atoms with Crippen molar-refractivity contribution in [1.82, 2.24) is 30.0 Å². The van der Waals surface area contributed by atoms with Crippen LogP contribution in [-0.4, -0.2) is 62.1 Å². The topological polar surface area (TPSA) is 93.2 Å². The molecule has 1 aliphatic heterocycles. The Morgan fingerprint density at radius 1 is 1.11 bits per heavy atom. The number of amides is 1. The highest BCUT2D eigenvalue weighted by molar-refractivity contribution is 5.76. The van der Waals surface area contributed by atoms with Crippen LogP contribution in [0.25, 0.3) is 5.82 Å². The lowest BCUT2D eigenvalue weighted by molar-refractivity contribution is -0.131. The van der Waals surface area contributed by atoms with Gasteiger partial charge in [0.05, 0.1) is 5.69 Å². The molecule has 1 aliphatic rings. The number of nitrogens with zero attached hydrogens (tertiary/aromatic N) is 7. The summed E-state index contributed by atoms with van der Waals surface area (Å²) < 4.78 is 6.84. The van der Waals surface area contributed by atoms with Crippen molar-refractivity contribution in [2.75, 3.05) is 31.1 Å². The van der Waals surface area contributed by atoms with Crippen LogP contribution in [-0.2, 0) is 11.2 Å². The van der Waals surface area contributed by atoms with E-state index in [2.05, 4.69) is 25.4 Å². The first kappa shape index (κ1) is 18.1. The van der Waals surface area contributed by atoms with E-state index in [1.165, 1.54) is 0 Å². The van der Waals surface area contributed by atoms with Gasteiger partial charge in [0.15, 0.2) is 11.6 Å². The molecule has 0 saturated carbocycles. The average molecular weight is 381 g/mol. The highest BCUT2D eigenvalue weighted by Crippen LogP contribution is 2.17. The largest absolute Gasteiger partial charge is 0.361 e. The van der Waals surface area contributed by atoms with Crippen molar-refractivity contribution in [1.29, 1.82) is 0 Å². The zero-order chi connectivity index (χ0) is 19.5. The molecule has 0 spiro atoms. The van der Waals surface area contributed by atoms with Crippen LogP contribution in [0, 0.1) is 13.8 Å². The molecular formula is C19H23N7O2. The second-order valence-corrected chi connectivity index (χ2v) is 6.87. The van der Waals surface area contributed by atoms with E-state index in [4.69, 9.17) is 4.52 Å². The molecule has 4 heterocycles. The molecule has 28 heavy (non-hydrogen) atoms. The van der Waals surface area contributed by atoms with E-state index in [0.29, 0.717) is 31.7 Å². The van der Waals surface area contributed by atoms with Crippen molar-refractivity contribution in [3.8, 4) is 5.82 Å². The fraction of sp³-hybridized carbons (Fsp3) is 0.421. The summed E-state index contributed by atoms with van der Waals surface area (Å²) >= 11 is 0. The van der Waals surface area contributed by atoms with E-state index in [0.717, 1.165) is 35.9 Å². The van der Waals surface area contributed by atoms with Crippen LogP contribution in [0.5, 0.6) is 0 Å². The predicted octanol–water partition coefficient (Wildman–Crippen LogP) is 1.55. The number of carbonyl (C=O) groups is 1. The molecule has 1 fully saturated rings. The number of hydrogen-bond acceptors (Lipinski definition) is 7. The molecule has 0 aromatic carbocycles. The Morgan fingerprint density at radius 2 is 1.86 bits per heavy atom. The maximum atomic E-state index is 12.6. The van der Waals surface area contributed by atoms with Crippen molar-refractivity contribution < 1.29 is 9.32 Å². The molecule has 9 heteroatoms. The molecule has 0 aliphatic carbocycles. The predicted molar refractivity (Wildman–Crippen MR) is 102 cm³/mol. The Hall–Kier alpha value is -3.23. The third kappa shape index (κ3) is 3.73. The first-order chi connectivity index (χ1) is 13.6. The summed E-state index contributed by atoms with van der Waals surface area (Å²) in [6.07, 6.45) is 4.68. The Bertz CT molecular complexity index is 906. The molecular weight excluding hydrogens is 358 g/mol. The molecule has 3 aromatic rings. The minimum Gasteiger partial charge on any atom is -0.361 e. The molecule has 0 radical (unpaired) electrons. The van der Waals surface area contributed by atoms with Gasteiger partial charge in [-0.25, -0.2) is 4.68 Å². The van der Waals surface area contributed by atoms with Gasteiger partial charge in [-0.2, -0.15) is 5.10 Å². The van der Waals surface area contributed by atoms with Crippen LogP contribution in [0.2, 0.25) is 0 Å². The molecule has 9 nitrogen and oxygen atoms in total. The molecule has 0 atom stereocenters. The van der Waals surface area contributed by atoms with Crippen LogP contribution < -0.4 is 4.90 Å². The lowest BCUT2D eigenvalue weighted by atomic mass is 10.1. The summed E-state index contributed by atoms with van der Waals surface area (Å²) in [6, 6.07) is 5.69. The number of piperazine rings is 1. The lowest BCUT2D eigenvalue weighted by Crippen LogP contribution is -2.49. The smallest absolute Gasteiger partial charge is 0.223 e. The van der Waals surface area contributed by atoms with Crippen molar-refractivity contribution >= 4 is 11.7 Å². The van der Waals surface area contributed by atoms with E-state index in [1.54, 1.807) is 10.9 Å². The third-order valence-corrected chi connectivity index (χ3v) is 5.10. The maximum Gasteiger partial charge on any atom is 0.223 e. The summed E-state index contributed by atoms with van der Waals surface area (Å²) in [5, 5.41) is 16.6. The van der Waals surface area contributed by atoms with Crippen molar-refractivity contribution in [3.05, 3.63) is 47.6 Å². The van der Waals surface area contributed by atoms with Gasteiger partial charge in [0.1, 0.15) is 5.76 Å². The van der Waals surface area contributed by atoms with Gasteiger partial charge in [-0.15, -0.1) is 10.2 Å². The van der Waals surface area contributed by atoms with Crippen LogP contribution in [0.4, 0.5) is 5.82 Å². The molecule has 4 rings (SSSR count). The van der Waals surface area contributed by atoms with Crippen molar-refractivity contribution in [2.45, 2.75) is 26.7 Å². The molecule has 146 valence electrons. The minimum atomic E-state index is 0.166.